The van der Waals surface area contributed by atoms with Gasteiger partial charge in [-0.05, 0) is 54.3 Å². The van der Waals surface area contributed by atoms with Crippen LogP contribution < -0.4 is 10.5 Å². The highest BCUT2D eigenvalue weighted by Gasteiger charge is 2.32. The molecule has 1 aromatic heterocycles. The van der Waals surface area contributed by atoms with Crippen molar-refractivity contribution in [3.05, 3.63) is 93.4 Å². The molecule has 0 amide bonds. The fourth-order valence-electron chi connectivity index (χ4n) is 4.69. The summed E-state index contributed by atoms with van der Waals surface area (Å²) in [5.41, 5.74) is 4.20. The van der Waals surface area contributed by atoms with E-state index in [0.29, 0.717) is 24.5 Å². The second kappa shape index (κ2) is 11.1. The Labute approximate surface area is 219 Å². The largest absolute Gasteiger partial charge is 0.466 e. The molecule has 8 nitrogen and oxygen atoms in total. The number of benzene rings is 2. The summed E-state index contributed by atoms with van der Waals surface area (Å²) < 4.78 is 31.2. The van der Waals surface area contributed by atoms with Crippen molar-refractivity contribution < 1.29 is 18.6 Å². The lowest BCUT2D eigenvalue weighted by Gasteiger charge is -2.42. The van der Waals surface area contributed by atoms with E-state index in [-0.39, 0.29) is 30.5 Å². The lowest BCUT2D eigenvalue weighted by Crippen LogP contribution is -2.31. The zero-order valence-corrected chi connectivity index (χ0v) is 22.6. The molecule has 37 heavy (non-hydrogen) atoms. The van der Waals surface area contributed by atoms with E-state index in [2.05, 4.69) is 0 Å². The summed E-state index contributed by atoms with van der Waals surface area (Å²) in [4.78, 5) is 27.5. The number of fused-ring (bicyclic) bond motifs is 1. The van der Waals surface area contributed by atoms with Crippen molar-refractivity contribution >= 4 is 22.4 Å². The summed E-state index contributed by atoms with van der Waals surface area (Å²) in [5.74, 6) is -0.708. The van der Waals surface area contributed by atoms with Crippen LogP contribution in [0.4, 0.5) is 5.69 Å². The van der Waals surface area contributed by atoms with E-state index in [9.17, 15) is 18.7 Å². The van der Waals surface area contributed by atoms with Crippen LogP contribution in [0.5, 0.6) is 0 Å². The van der Waals surface area contributed by atoms with Gasteiger partial charge in [0.15, 0.2) is 0 Å². The van der Waals surface area contributed by atoms with Crippen molar-refractivity contribution in [3.8, 4) is 0 Å². The average molecular weight is 526 g/mol. The molecule has 2 heterocycles. The first kappa shape index (κ1) is 26.9. The van der Waals surface area contributed by atoms with Crippen molar-refractivity contribution in [1.82, 2.24) is 8.87 Å². The molecule has 1 unspecified atom stereocenters. The Kier molecular flexibility index (Phi) is 8.08. The highest BCUT2D eigenvalue weighted by Crippen LogP contribution is 2.56. The minimum Gasteiger partial charge on any atom is -0.466 e. The minimum atomic E-state index is -3.22. The maximum atomic E-state index is 12.5. The molecule has 2 aromatic carbocycles. The highest BCUT2D eigenvalue weighted by molar-refractivity contribution is 8.22. The molecule has 1 aliphatic heterocycles. The molecule has 0 radical (unpaired) electrons. The summed E-state index contributed by atoms with van der Waals surface area (Å²) >= 11 is 0. The number of aryl methyl sites for hydroxylation is 2. The first-order chi connectivity index (χ1) is 17.6. The standard InChI is InChI=1S/C28H35N3O5S/c1-5-36-28(33)18-24(22-12-13-30(4)27(32)17-22)21-11-10-20(2)23(16-21)19-31-15-14-29(3)25-8-6-7-9-26(25)37(31,34)35/h6-13,16-17,24,34-35H,5,14-15,18-19H2,1-4H3. The number of carbonyl (C=O) groups is 1. The molecule has 4 rings (SSSR count). The van der Waals surface area contributed by atoms with Crippen molar-refractivity contribution in [2.75, 3.05) is 31.6 Å². The van der Waals surface area contributed by atoms with Crippen molar-refractivity contribution in [1.29, 1.82) is 0 Å². The molecular formula is C28H35N3O5S. The number of aromatic nitrogens is 1. The number of pyridine rings is 1. The topological polar surface area (TPSA) is 95.2 Å². The Bertz CT molecular complexity index is 1340. The Balaban J connectivity index is 1.71. The van der Waals surface area contributed by atoms with Gasteiger partial charge in [0.05, 0.1) is 23.6 Å². The van der Waals surface area contributed by atoms with E-state index < -0.39 is 10.8 Å². The summed E-state index contributed by atoms with van der Waals surface area (Å²) in [6.45, 7) is 5.48. The minimum absolute atomic E-state index is 0.0978. The van der Waals surface area contributed by atoms with Crippen LogP contribution in [-0.2, 0) is 23.1 Å². The van der Waals surface area contributed by atoms with Crippen molar-refractivity contribution in [3.63, 3.8) is 0 Å². The molecule has 0 bridgehead atoms. The number of hydrogen-bond donors (Lipinski definition) is 2. The van der Waals surface area contributed by atoms with E-state index in [1.165, 1.54) is 4.57 Å². The van der Waals surface area contributed by atoms with Crippen LogP contribution in [0.3, 0.4) is 0 Å². The molecule has 3 aromatic rings. The highest BCUT2D eigenvalue weighted by atomic mass is 32.3. The van der Waals surface area contributed by atoms with Gasteiger partial charge in [0.1, 0.15) is 0 Å². The number of rotatable bonds is 7. The predicted molar refractivity (Wildman–Crippen MR) is 147 cm³/mol. The summed E-state index contributed by atoms with van der Waals surface area (Å²) in [6, 6.07) is 16.8. The van der Waals surface area contributed by atoms with Crippen LogP contribution in [0.1, 0.15) is 41.5 Å². The van der Waals surface area contributed by atoms with Crippen LogP contribution in [-0.4, -0.2) is 50.7 Å². The van der Waals surface area contributed by atoms with Crippen molar-refractivity contribution in [2.24, 2.45) is 7.05 Å². The third kappa shape index (κ3) is 5.75. The fraction of sp³-hybridized carbons (Fsp3) is 0.357. The molecule has 2 N–H and O–H groups in total. The van der Waals surface area contributed by atoms with Crippen LogP contribution in [0.2, 0.25) is 0 Å². The maximum Gasteiger partial charge on any atom is 0.306 e. The number of nitrogens with zero attached hydrogens (tertiary/aromatic N) is 3. The number of ether oxygens (including phenoxy) is 1. The quantitative estimate of drug-likeness (QED) is 0.430. The number of para-hydroxylation sites is 1. The zero-order valence-electron chi connectivity index (χ0n) is 21.8. The average Bonchev–Trinajstić information content (AvgIpc) is 2.96. The van der Waals surface area contributed by atoms with Gasteiger partial charge in [-0.15, -0.1) is 10.8 Å². The lowest BCUT2D eigenvalue weighted by atomic mass is 9.87. The SMILES string of the molecule is CCOC(=O)CC(c1ccc(C)c(CN2CCN(C)c3ccccc3S2(O)O)c1)c1ccn(C)c(=O)c1. The van der Waals surface area contributed by atoms with Crippen LogP contribution in [0, 0.1) is 6.92 Å². The molecular weight excluding hydrogens is 490 g/mol. The second-order valence-corrected chi connectivity index (χ2v) is 11.4. The van der Waals surface area contributed by atoms with Crippen molar-refractivity contribution in [2.45, 2.75) is 37.6 Å². The van der Waals surface area contributed by atoms with E-state index >= 15 is 0 Å². The molecule has 0 aliphatic carbocycles. The second-order valence-electron chi connectivity index (χ2n) is 9.43. The smallest absolute Gasteiger partial charge is 0.306 e. The summed E-state index contributed by atoms with van der Waals surface area (Å²) in [5, 5.41) is 0. The molecule has 198 valence electrons. The normalized spacial score (nSPS) is 17.0. The van der Waals surface area contributed by atoms with Gasteiger partial charge in [0, 0.05) is 51.9 Å². The number of anilines is 1. The van der Waals surface area contributed by atoms with E-state index in [1.54, 1.807) is 36.6 Å². The lowest BCUT2D eigenvalue weighted by molar-refractivity contribution is -0.143. The van der Waals surface area contributed by atoms with Gasteiger partial charge < -0.3 is 14.2 Å². The monoisotopic (exact) mass is 525 g/mol. The summed E-state index contributed by atoms with van der Waals surface area (Å²) in [6.07, 6.45) is 1.80. The molecule has 1 atom stereocenters. The van der Waals surface area contributed by atoms with Gasteiger partial charge in [-0.25, -0.2) is 0 Å². The first-order valence-corrected chi connectivity index (χ1v) is 13.9. The molecule has 0 fully saturated rings. The number of likely N-dealkylation sites (N-methyl/N-ethyl adjacent to an activating group) is 1. The van der Waals surface area contributed by atoms with Crippen LogP contribution in [0.15, 0.2) is 70.5 Å². The molecule has 0 spiro atoms. The Morgan fingerprint density at radius 2 is 1.78 bits per heavy atom. The van der Waals surface area contributed by atoms with E-state index in [4.69, 9.17) is 4.74 Å². The van der Waals surface area contributed by atoms with Gasteiger partial charge >= 0.3 is 5.97 Å². The van der Waals surface area contributed by atoms with Gasteiger partial charge in [-0.3, -0.25) is 18.7 Å². The Hall–Kier alpha value is -3.11. The van der Waals surface area contributed by atoms with Crippen LogP contribution >= 0.6 is 10.8 Å². The Morgan fingerprint density at radius 3 is 2.51 bits per heavy atom. The molecule has 9 heteroatoms. The number of hydrogen-bond acceptors (Lipinski definition) is 7. The molecule has 1 aliphatic rings. The first-order valence-electron chi connectivity index (χ1n) is 12.4. The number of esters is 1. The van der Waals surface area contributed by atoms with Gasteiger partial charge in [-0.1, -0.05) is 30.3 Å². The number of carbonyl (C=O) groups excluding carboxylic acids is 1. The molecule has 0 saturated heterocycles. The molecule has 0 saturated carbocycles. The summed E-state index contributed by atoms with van der Waals surface area (Å²) in [7, 11) is 0.423. The third-order valence-corrected chi connectivity index (χ3v) is 8.91. The Morgan fingerprint density at radius 1 is 1.05 bits per heavy atom. The maximum absolute atomic E-state index is 12.5. The van der Waals surface area contributed by atoms with Crippen LogP contribution in [0.25, 0.3) is 0 Å². The van der Waals surface area contributed by atoms with E-state index in [1.807, 2.05) is 61.3 Å². The predicted octanol–water partition coefficient (Wildman–Crippen LogP) is 4.76. The van der Waals surface area contributed by atoms with Gasteiger partial charge in [-0.2, -0.15) is 4.31 Å². The van der Waals surface area contributed by atoms with E-state index in [0.717, 1.165) is 27.9 Å². The zero-order chi connectivity index (χ0) is 26.7. The third-order valence-electron chi connectivity index (χ3n) is 6.95. The van der Waals surface area contributed by atoms with Gasteiger partial charge in [0.25, 0.3) is 5.56 Å². The van der Waals surface area contributed by atoms with Gasteiger partial charge in [0.2, 0.25) is 0 Å². The fourth-order valence-corrected chi connectivity index (χ4v) is 6.38.